The number of ether oxygens (including phenoxy) is 5. The number of alkyl carbamates (subject to hydrolysis) is 1. The minimum absolute atomic E-state index is 0.0969. The molecule has 5 atom stereocenters. The average Bonchev–Trinajstić information content (AvgIpc) is 3.58. The van der Waals surface area contributed by atoms with E-state index in [2.05, 4.69) is 20.0 Å². The molecule has 49 heavy (non-hydrogen) atoms. The Bertz CT molecular complexity index is 1630. The first kappa shape index (κ1) is 36.0. The second kappa shape index (κ2) is 13.2. The summed E-state index contributed by atoms with van der Waals surface area (Å²) in [5.41, 5.74) is -3.91. The van der Waals surface area contributed by atoms with Crippen molar-refractivity contribution < 1.29 is 60.0 Å². The van der Waals surface area contributed by atoms with Gasteiger partial charge in [0, 0.05) is 12.5 Å². The number of benzene rings is 1. The van der Waals surface area contributed by atoms with Gasteiger partial charge in [0.15, 0.2) is 5.69 Å². The fourth-order valence-corrected chi connectivity index (χ4v) is 6.22. The molecule has 1 aliphatic carbocycles. The van der Waals surface area contributed by atoms with Gasteiger partial charge in [-0.2, -0.15) is 8.78 Å². The number of fused-ring (bicyclic) bond motifs is 5. The molecule has 2 aliphatic heterocycles. The Hall–Kier alpha value is -4.28. The zero-order valence-corrected chi connectivity index (χ0v) is 27.4. The summed E-state index contributed by atoms with van der Waals surface area (Å²) < 4.78 is 97.0. The quantitative estimate of drug-likeness (QED) is 0.254. The molecule has 0 radical (unpaired) electrons. The molecule has 1 aromatic heterocycles. The Morgan fingerprint density at radius 3 is 2.47 bits per heavy atom. The van der Waals surface area contributed by atoms with E-state index in [1.807, 2.05) is 0 Å². The van der Waals surface area contributed by atoms with Crippen molar-refractivity contribution in [2.24, 2.45) is 5.41 Å². The molecule has 2 fully saturated rings. The number of allylic oxidation sites excluding steroid dienone is 1. The molecular formula is C32H37F5N4O8. The van der Waals surface area contributed by atoms with Crippen LogP contribution in [-0.2, 0) is 29.7 Å². The summed E-state index contributed by atoms with van der Waals surface area (Å²) in [7, 11) is 1.12. The normalized spacial score (nSPS) is 28.0. The van der Waals surface area contributed by atoms with Crippen molar-refractivity contribution in [3.05, 3.63) is 36.0 Å². The van der Waals surface area contributed by atoms with Crippen LogP contribution in [0.15, 0.2) is 30.4 Å². The number of nitrogens with zero attached hydrogens (tertiary/aromatic N) is 3. The monoisotopic (exact) mass is 700 g/mol. The molecule has 268 valence electrons. The van der Waals surface area contributed by atoms with Crippen LogP contribution in [0.1, 0.15) is 59.1 Å². The highest BCUT2D eigenvalue weighted by molar-refractivity contribution is 5.91. The fourth-order valence-electron chi connectivity index (χ4n) is 6.22. The maximum Gasteiger partial charge on any atom is 0.573 e. The number of halogens is 5. The highest BCUT2D eigenvalue weighted by Gasteiger charge is 2.52. The zero-order valence-electron chi connectivity index (χ0n) is 27.4. The van der Waals surface area contributed by atoms with Crippen LogP contribution in [-0.4, -0.2) is 89.4 Å². The molecular weight excluding hydrogens is 663 g/mol. The third kappa shape index (κ3) is 8.13. The van der Waals surface area contributed by atoms with Gasteiger partial charge in [-0.1, -0.05) is 26.8 Å². The molecule has 3 heterocycles. The van der Waals surface area contributed by atoms with Crippen molar-refractivity contribution in [3.8, 4) is 11.6 Å². The molecule has 1 saturated heterocycles. The van der Waals surface area contributed by atoms with E-state index in [1.165, 1.54) is 6.92 Å². The van der Waals surface area contributed by atoms with Crippen LogP contribution in [0.4, 0.5) is 26.7 Å². The van der Waals surface area contributed by atoms with E-state index in [0.717, 1.165) is 36.3 Å². The fraction of sp³-hybridized carbons (Fsp3) is 0.594. The van der Waals surface area contributed by atoms with Gasteiger partial charge < -0.3 is 33.9 Å². The lowest BCUT2D eigenvalue weighted by Crippen LogP contribution is -2.57. The predicted molar refractivity (Wildman–Crippen MR) is 161 cm³/mol. The van der Waals surface area contributed by atoms with Gasteiger partial charge in [-0.25, -0.2) is 19.6 Å². The second-order valence-electron chi connectivity index (χ2n) is 13.6. The Labute approximate surface area is 278 Å². The minimum atomic E-state index is -5.05. The summed E-state index contributed by atoms with van der Waals surface area (Å²) in [4.78, 5) is 49.6. The Balaban J connectivity index is 1.62. The van der Waals surface area contributed by atoms with Gasteiger partial charge in [0.2, 0.25) is 11.8 Å². The lowest BCUT2D eigenvalue weighted by atomic mass is 9.85. The topological polar surface area (TPSA) is 138 Å². The summed E-state index contributed by atoms with van der Waals surface area (Å²) in [6.45, 7) is 5.96. The molecule has 0 spiro atoms. The van der Waals surface area contributed by atoms with Crippen molar-refractivity contribution in [3.63, 3.8) is 0 Å². The number of carbonyl (C=O) groups is 3. The third-order valence-electron chi connectivity index (χ3n) is 8.52. The summed E-state index contributed by atoms with van der Waals surface area (Å²) in [6.07, 6.45) is -4.43. The maximum absolute atomic E-state index is 16.0. The van der Waals surface area contributed by atoms with Gasteiger partial charge in [0.1, 0.15) is 29.5 Å². The molecule has 0 unspecified atom stereocenters. The summed E-state index contributed by atoms with van der Waals surface area (Å²) in [5, 5.41) is 2.64. The van der Waals surface area contributed by atoms with Gasteiger partial charge in [-0.05, 0) is 49.8 Å². The molecule has 12 nitrogen and oxygen atoms in total. The zero-order chi connectivity index (χ0) is 35.9. The highest BCUT2D eigenvalue weighted by Crippen LogP contribution is 2.41. The van der Waals surface area contributed by atoms with Crippen LogP contribution in [0.25, 0.3) is 11.0 Å². The molecule has 1 saturated carbocycles. The van der Waals surface area contributed by atoms with Gasteiger partial charge in [0.05, 0.1) is 37.4 Å². The van der Waals surface area contributed by atoms with Crippen LogP contribution in [0, 0.1) is 5.41 Å². The number of hydrogen-bond acceptors (Lipinski definition) is 10. The molecule has 2 aromatic rings. The Morgan fingerprint density at radius 2 is 1.80 bits per heavy atom. The average molecular weight is 701 g/mol. The number of amides is 2. The van der Waals surface area contributed by atoms with Crippen molar-refractivity contribution in [2.75, 3.05) is 20.3 Å². The molecule has 2 bridgehead atoms. The Kier molecular flexibility index (Phi) is 9.71. The van der Waals surface area contributed by atoms with Gasteiger partial charge >= 0.3 is 24.3 Å². The molecule has 5 rings (SSSR count). The largest absolute Gasteiger partial charge is 0.573 e. The number of carbonyl (C=O) groups excluding carboxylic acids is 3. The summed E-state index contributed by atoms with van der Waals surface area (Å²) in [5.74, 6) is -6.78. The Morgan fingerprint density at radius 1 is 1.08 bits per heavy atom. The first-order chi connectivity index (χ1) is 22.8. The second-order valence-corrected chi connectivity index (χ2v) is 13.6. The van der Waals surface area contributed by atoms with Crippen LogP contribution in [0.5, 0.6) is 11.6 Å². The van der Waals surface area contributed by atoms with Gasteiger partial charge in [-0.3, -0.25) is 4.79 Å². The van der Waals surface area contributed by atoms with Crippen LogP contribution in [0.3, 0.4) is 0 Å². The number of nitrogens with one attached hydrogen (secondary N) is 1. The number of esters is 1. The van der Waals surface area contributed by atoms with E-state index in [1.54, 1.807) is 20.8 Å². The van der Waals surface area contributed by atoms with Crippen LogP contribution < -0.4 is 14.8 Å². The van der Waals surface area contributed by atoms with E-state index >= 15 is 8.78 Å². The van der Waals surface area contributed by atoms with Crippen LogP contribution >= 0.6 is 0 Å². The number of alkyl halides is 5. The van der Waals surface area contributed by atoms with Crippen molar-refractivity contribution in [1.82, 2.24) is 20.2 Å². The highest BCUT2D eigenvalue weighted by atomic mass is 19.4. The smallest absolute Gasteiger partial charge is 0.468 e. The summed E-state index contributed by atoms with van der Waals surface area (Å²) in [6, 6.07) is 0.404. The molecule has 2 amide bonds. The first-order valence-corrected chi connectivity index (χ1v) is 15.6. The SMILES string of the molecule is COC(=O)[C@@H]1C[C@]2(C)CN1C(=O)[C@H](C(C)(C)C)NC(=O)O[C@@H]1CCC[C@H]1OCC=CC(F)(F)c1nc3cc(OC(F)(F)F)ccc3nc1O2. The first-order valence-electron chi connectivity index (χ1n) is 15.6. The number of aromatic nitrogens is 2. The van der Waals surface area contributed by atoms with E-state index in [4.69, 9.17) is 18.9 Å². The van der Waals surface area contributed by atoms with Crippen molar-refractivity contribution >= 4 is 29.0 Å². The standard InChI is InChI=1S/C32H37F5N4O8/c1-29(2,3)24-26(42)41-16-30(4,15-20(41)27(43)45-5)49-25-23(38-19-14-17(48-32(35,36)37)10-11-18(19)39-25)31(33,34)12-7-13-46-21-8-6-9-22(21)47-28(44)40-24/h7,10-12,14,20-22,24H,6,8-9,13,15-16H2,1-5H3,(H,40,44)/t20-,21+,22+,24+,30+/m0/s1. The summed E-state index contributed by atoms with van der Waals surface area (Å²) >= 11 is 0. The molecule has 17 heteroatoms. The number of rotatable bonds is 2. The van der Waals surface area contributed by atoms with Crippen LogP contribution in [0.2, 0.25) is 0 Å². The molecule has 3 aliphatic rings. The van der Waals surface area contributed by atoms with E-state index in [-0.39, 0.29) is 30.6 Å². The number of hydrogen-bond donors (Lipinski definition) is 1. The molecule has 1 aromatic carbocycles. The van der Waals surface area contributed by atoms with E-state index in [0.29, 0.717) is 25.3 Å². The molecule has 1 N–H and O–H groups in total. The minimum Gasteiger partial charge on any atom is -0.468 e. The predicted octanol–water partition coefficient (Wildman–Crippen LogP) is 5.18. The lowest BCUT2D eigenvalue weighted by Gasteiger charge is -2.35. The van der Waals surface area contributed by atoms with Gasteiger partial charge in [0.25, 0.3) is 0 Å². The van der Waals surface area contributed by atoms with Crippen molar-refractivity contribution in [1.29, 1.82) is 0 Å². The van der Waals surface area contributed by atoms with Gasteiger partial charge in [-0.15, -0.1) is 13.2 Å². The number of methoxy groups -OCH3 is 1. The maximum atomic E-state index is 16.0. The lowest BCUT2D eigenvalue weighted by molar-refractivity contribution is -0.274. The van der Waals surface area contributed by atoms with E-state index in [9.17, 15) is 27.6 Å². The van der Waals surface area contributed by atoms with Crippen molar-refractivity contribution in [2.45, 2.75) is 95.6 Å². The van der Waals surface area contributed by atoms with E-state index < -0.39 is 82.9 Å². The third-order valence-corrected chi connectivity index (χ3v) is 8.52.